The second-order valence-electron chi connectivity index (χ2n) is 2.69. The number of hydrogen-bond donors (Lipinski definition) is 1. The second-order valence-corrected chi connectivity index (χ2v) is 2.69. The molecule has 5 nitrogen and oxygen atoms in total. The zero-order valence-corrected chi connectivity index (χ0v) is 6.74. The Hall–Kier alpha value is -1.79. The highest BCUT2D eigenvalue weighted by molar-refractivity contribution is 5.90. The lowest BCUT2D eigenvalue weighted by atomic mass is 10.0. The number of carbonyl (C=O) groups is 1. The molecule has 0 bridgehead atoms. The zero-order valence-electron chi connectivity index (χ0n) is 6.74. The number of alkyl halides is 2. The van der Waals surface area contributed by atoms with Gasteiger partial charge in [-0.05, 0) is 12.2 Å². The molecule has 0 aliphatic heterocycles. The first-order chi connectivity index (χ1) is 6.33. The predicted molar refractivity (Wildman–Crippen MR) is 40.4 cm³/mol. The van der Waals surface area contributed by atoms with Crippen LogP contribution in [0.3, 0.4) is 0 Å². The molecule has 0 fully saturated rings. The van der Waals surface area contributed by atoms with Crippen LogP contribution in [0.15, 0.2) is 23.4 Å². The van der Waals surface area contributed by atoms with Crippen molar-refractivity contribution in [2.75, 3.05) is 0 Å². The van der Waals surface area contributed by atoms with E-state index in [2.05, 4.69) is 0 Å². The molecule has 0 aromatic rings. The normalized spacial score (nSPS) is 19.6. The van der Waals surface area contributed by atoms with Gasteiger partial charge < -0.3 is 5.11 Å². The molecule has 14 heavy (non-hydrogen) atoms. The molecule has 1 rings (SSSR count). The Bertz CT molecular complexity index is 359. The van der Waals surface area contributed by atoms with Crippen molar-refractivity contribution in [3.63, 3.8) is 0 Å². The topological polar surface area (TPSA) is 80.4 Å². The average Bonchev–Trinajstić information content (AvgIpc) is 2.01. The van der Waals surface area contributed by atoms with Crippen molar-refractivity contribution in [3.8, 4) is 0 Å². The first-order valence-corrected chi connectivity index (χ1v) is 3.51. The number of carboxylic acids is 1. The minimum absolute atomic E-state index is 0.351. The van der Waals surface area contributed by atoms with Crippen LogP contribution >= 0.6 is 0 Å². The van der Waals surface area contributed by atoms with E-state index in [1.807, 2.05) is 0 Å². The van der Waals surface area contributed by atoms with E-state index in [9.17, 15) is 23.7 Å². The highest BCUT2D eigenvalue weighted by Crippen LogP contribution is 2.31. The molecule has 0 unspecified atom stereocenters. The first-order valence-electron chi connectivity index (χ1n) is 3.51. The molecule has 1 N–H and O–H groups in total. The number of carboxylic acid groups (broad SMARTS) is 1. The summed E-state index contributed by atoms with van der Waals surface area (Å²) in [5.74, 6) is -4.93. The SMILES string of the molecule is O=C(O)C1=C([N+](=O)[O-])CC(F)(F)C=C1. The number of nitro groups is 1. The van der Waals surface area contributed by atoms with Gasteiger partial charge in [-0.2, -0.15) is 0 Å². The summed E-state index contributed by atoms with van der Waals surface area (Å²) in [7, 11) is 0. The van der Waals surface area contributed by atoms with Gasteiger partial charge in [0.15, 0.2) is 0 Å². The Morgan fingerprint density at radius 2 is 2.21 bits per heavy atom. The van der Waals surface area contributed by atoms with Gasteiger partial charge in [-0.25, -0.2) is 13.6 Å². The Balaban J connectivity index is 3.17. The van der Waals surface area contributed by atoms with Crippen LogP contribution in [0.2, 0.25) is 0 Å². The number of aliphatic carboxylic acids is 1. The zero-order chi connectivity index (χ0) is 10.9. The Morgan fingerprint density at radius 1 is 1.64 bits per heavy atom. The van der Waals surface area contributed by atoms with Crippen molar-refractivity contribution in [1.29, 1.82) is 0 Å². The predicted octanol–water partition coefficient (Wildman–Crippen LogP) is 1.20. The summed E-state index contributed by atoms with van der Waals surface area (Å²) >= 11 is 0. The average molecular weight is 205 g/mol. The van der Waals surface area contributed by atoms with E-state index >= 15 is 0 Å². The molecule has 7 heteroatoms. The molecule has 76 valence electrons. The molecule has 1 aliphatic carbocycles. The molecular formula is C7H5F2NO4. The van der Waals surface area contributed by atoms with E-state index in [0.29, 0.717) is 12.2 Å². The molecule has 0 spiro atoms. The largest absolute Gasteiger partial charge is 0.477 e. The third-order valence-corrected chi connectivity index (χ3v) is 1.66. The highest BCUT2D eigenvalue weighted by Gasteiger charge is 2.39. The fourth-order valence-electron chi connectivity index (χ4n) is 1.04. The molecule has 1 aliphatic rings. The minimum atomic E-state index is -3.35. The monoisotopic (exact) mass is 205 g/mol. The van der Waals surface area contributed by atoms with E-state index in [0.717, 1.165) is 0 Å². The minimum Gasteiger partial charge on any atom is -0.477 e. The third kappa shape index (κ3) is 1.93. The van der Waals surface area contributed by atoms with Gasteiger partial charge in [0, 0.05) is 0 Å². The molecule has 0 amide bonds. The number of halogens is 2. The summed E-state index contributed by atoms with van der Waals surface area (Å²) in [6, 6.07) is 0. The van der Waals surface area contributed by atoms with Crippen molar-refractivity contribution in [3.05, 3.63) is 33.5 Å². The lowest BCUT2D eigenvalue weighted by Crippen LogP contribution is -2.23. The van der Waals surface area contributed by atoms with Crippen molar-refractivity contribution < 1.29 is 23.6 Å². The fourth-order valence-corrected chi connectivity index (χ4v) is 1.04. The van der Waals surface area contributed by atoms with Gasteiger partial charge in [0.2, 0.25) is 0 Å². The summed E-state index contributed by atoms with van der Waals surface area (Å²) in [6.45, 7) is 0. The summed E-state index contributed by atoms with van der Waals surface area (Å²) in [5.41, 5.74) is -1.66. The Kier molecular flexibility index (Phi) is 2.33. The lowest BCUT2D eigenvalue weighted by Gasteiger charge is -2.14. The first kappa shape index (κ1) is 10.3. The fraction of sp³-hybridized carbons (Fsp3) is 0.286. The standard InChI is InChI=1S/C7H5F2NO4/c8-7(9)2-1-4(6(11)12)5(3-7)10(13)14/h1-2H,3H2,(H,11,12). The van der Waals surface area contributed by atoms with Crippen molar-refractivity contribution >= 4 is 5.97 Å². The van der Waals surface area contributed by atoms with E-state index in [1.165, 1.54) is 0 Å². The third-order valence-electron chi connectivity index (χ3n) is 1.66. The van der Waals surface area contributed by atoms with Gasteiger partial charge in [-0.15, -0.1) is 0 Å². The quantitative estimate of drug-likeness (QED) is 0.542. The van der Waals surface area contributed by atoms with Crippen LogP contribution in [-0.4, -0.2) is 21.9 Å². The number of hydrogen-bond acceptors (Lipinski definition) is 3. The van der Waals surface area contributed by atoms with Crippen LogP contribution in [-0.2, 0) is 4.79 Å². The molecule has 0 radical (unpaired) electrons. The second kappa shape index (κ2) is 3.17. The maximum absolute atomic E-state index is 12.6. The van der Waals surface area contributed by atoms with Gasteiger partial charge in [0.25, 0.3) is 11.6 Å². The molecule has 0 aromatic heterocycles. The van der Waals surface area contributed by atoms with Crippen LogP contribution in [0.4, 0.5) is 8.78 Å². The van der Waals surface area contributed by atoms with Crippen LogP contribution < -0.4 is 0 Å². The van der Waals surface area contributed by atoms with E-state index in [-0.39, 0.29) is 0 Å². The smallest absolute Gasteiger partial charge is 0.342 e. The summed E-state index contributed by atoms with van der Waals surface area (Å²) in [4.78, 5) is 19.6. The number of nitrogens with zero attached hydrogens (tertiary/aromatic N) is 1. The van der Waals surface area contributed by atoms with Crippen molar-refractivity contribution in [2.24, 2.45) is 0 Å². The van der Waals surface area contributed by atoms with Gasteiger partial charge in [-0.3, -0.25) is 10.1 Å². The maximum atomic E-state index is 12.6. The molecule has 0 saturated carbocycles. The van der Waals surface area contributed by atoms with Crippen molar-refractivity contribution in [2.45, 2.75) is 12.3 Å². The van der Waals surface area contributed by atoms with Gasteiger partial charge in [-0.1, -0.05) is 0 Å². The molecule has 0 atom stereocenters. The van der Waals surface area contributed by atoms with Crippen LogP contribution in [0.5, 0.6) is 0 Å². The lowest BCUT2D eigenvalue weighted by molar-refractivity contribution is -0.432. The van der Waals surface area contributed by atoms with Gasteiger partial charge in [0.1, 0.15) is 12.0 Å². The van der Waals surface area contributed by atoms with E-state index < -0.39 is 34.5 Å². The number of allylic oxidation sites excluding steroid dienone is 2. The number of rotatable bonds is 2. The van der Waals surface area contributed by atoms with Crippen molar-refractivity contribution in [1.82, 2.24) is 0 Å². The highest BCUT2D eigenvalue weighted by atomic mass is 19.3. The van der Waals surface area contributed by atoms with Gasteiger partial charge in [0.05, 0.1) is 4.92 Å². The molecular weight excluding hydrogens is 200 g/mol. The van der Waals surface area contributed by atoms with E-state index in [1.54, 1.807) is 0 Å². The summed E-state index contributed by atoms with van der Waals surface area (Å²) in [6.07, 6.45) is -0.272. The molecule has 0 aromatic carbocycles. The summed E-state index contributed by atoms with van der Waals surface area (Å²) in [5, 5.41) is 18.7. The molecule has 0 saturated heterocycles. The van der Waals surface area contributed by atoms with Crippen LogP contribution in [0.25, 0.3) is 0 Å². The van der Waals surface area contributed by atoms with Gasteiger partial charge >= 0.3 is 5.97 Å². The molecule has 0 heterocycles. The maximum Gasteiger partial charge on any atom is 0.342 e. The van der Waals surface area contributed by atoms with Crippen LogP contribution in [0, 0.1) is 10.1 Å². The van der Waals surface area contributed by atoms with Crippen LogP contribution in [0.1, 0.15) is 6.42 Å². The Labute approximate surface area is 76.5 Å². The Morgan fingerprint density at radius 3 is 2.64 bits per heavy atom. The van der Waals surface area contributed by atoms with E-state index in [4.69, 9.17) is 5.11 Å². The summed E-state index contributed by atoms with van der Waals surface area (Å²) < 4.78 is 25.3.